The highest BCUT2D eigenvalue weighted by Gasteiger charge is 2.23. The first kappa shape index (κ1) is 22.9. The van der Waals surface area contributed by atoms with E-state index in [-0.39, 0.29) is 24.3 Å². The molecule has 32 heavy (non-hydrogen) atoms. The summed E-state index contributed by atoms with van der Waals surface area (Å²) in [5, 5.41) is 0. The van der Waals surface area contributed by atoms with E-state index in [4.69, 9.17) is 18.9 Å². The van der Waals surface area contributed by atoms with Crippen LogP contribution in [-0.4, -0.2) is 39.4 Å². The Morgan fingerprint density at radius 1 is 0.625 bits per heavy atom. The van der Waals surface area contributed by atoms with E-state index >= 15 is 0 Å². The minimum absolute atomic E-state index is 0.161. The lowest BCUT2D eigenvalue weighted by atomic mass is 9.90. The smallest absolute Gasteiger partial charge is 0.339 e. The number of hydrogen-bond acceptors (Lipinski definition) is 6. The molecule has 0 atom stereocenters. The summed E-state index contributed by atoms with van der Waals surface area (Å²) < 4.78 is 21.0. The van der Waals surface area contributed by atoms with Crippen LogP contribution >= 0.6 is 0 Å². The van der Waals surface area contributed by atoms with Gasteiger partial charge in [0.1, 0.15) is 11.5 Å². The number of benzene rings is 3. The molecule has 0 spiro atoms. The van der Waals surface area contributed by atoms with Crippen molar-refractivity contribution in [1.82, 2.24) is 0 Å². The van der Waals surface area contributed by atoms with Gasteiger partial charge in [0.25, 0.3) is 0 Å². The fourth-order valence-corrected chi connectivity index (χ4v) is 3.37. The van der Waals surface area contributed by atoms with Crippen LogP contribution in [0.5, 0.6) is 11.5 Å². The normalized spacial score (nSPS) is 10.4. The molecule has 3 rings (SSSR count). The monoisotopic (exact) mass is 434 g/mol. The minimum atomic E-state index is -0.577. The molecule has 0 aliphatic rings. The van der Waals surface area contributed by atoms with Crippen LogP contribution in [0.15, 0.2) is 60.7 Å². The summed E-state index contributed by atoms with van der Waals surface area (Å²) in [5.41, 5.74) is 3.58. The fraction of sp³-hybridized carbons (Fsp3) is 0.231. The second-order valence-electron chi connectivity index (χ2n) is 6.84. The van der Waals surface area contributed by atoms with E-state index in [0.717, 1.165) is 22.3 Å². The van der Waals surface area contributed by atoms with Gasteiger partial charge in [-0.1, -0.05) is 24.3 Å². The minimum Gasteiger partial charge on any atom is -0.497 e. The van der Waals surface area contributed by atoms with Gasteiger partial charge in [0, 0.05) is 0 Å². The number of rotatable bonds is 8. The molecular weight excluding hydrogens is 408 g/mol. The standard InChI is InChI=1S/C26H26O6/c1-5-31-25(27)23-15-21(17-7-11-19(29-3)12-8-17)22(16-24(23)26(28)32-6-2)18-9-13-20(30-4)14-10-18/h7-16H,5-6H2,1-4H3. The quantitative estimate of drug-likeness (QED) is 0.443. The van der Waals surface area contributed by atoms with E-state index in [2.05, 4.69) is 0 Å². The highest BCUT2D eigenvalue weighted by atomic mass is 16.5. The van der Waals surface area contributed by atoms with Crippen molar-refractivity contribution in [3.63, 3.8) is 0 Å². The van der Waals surface area contributed by atoms with Crippen molar-refractivity contribution in [1.29, 1.82) is 0 Å². The van der Waals surface area contributed by atoms with Gasteiger partial charge >= 0.3 is 11.9 Å². The Hall–Kier alpha value is -3.80. The maximum Gasteiger partial charge on any atom is 0.339 e. The molecule has 3 aromatic rings. The molecule has 0 aliphatic heterocycles. The first-order chi connectivity index (χ1) is 15.5. The van der Waals surface area contributed by atoms with Gasteiger partial charge in [0.15, 0.2) is 0 Å². The third-order valence-electron chi connectivity index (χ3n) is 4.95. The van der Waals surface area contributed by atoms with E-state index in [1.807, 2.05) is 48.5 Å². The van der Waals surface area contributed by atoms with Gasteiger partial charge < -0.3 is 18.9 Å². The molecule has 0 saturated heterocycles. The molecule has 0 heterocycles. The van der Waals surface area contributed by atoms with E-state index in [0.29, 0.717) is 11.5 Å². The van der Waals surface area contributed by atoms with Crippen LogP contribution in [0.25, 0.3) is 22.3 Å². The molecule has 0 saturated carbocycles. The van der Waals surface area contributed by atoms with E-state index in [1.165, 1.54) is 0 Å². The molecule has 0 bridgehead atoms. The SMILES string of the molecule is CCOC(=O)c1cc(-c2ccc(OC)cc2)c(-c2ccc(OC)cc2)cc1C(=O)OCC. The van der Waals surface area contributed by atoms with Crippen LogP contribution in [0.1, 0.15) is 34.6 Å². The molecule has 6 heteroatoms. The largest absolute Gasteiger partial charge is 0.497 e. The molecule has 0 fully saturated rings. The number of carbonyl (C=O) groups is 2. The van der Waals surface area contributed by atoms with E-state index < -0.39 is 11.9 Å². The third kappa shape index (κ3) is 4.91. The Morgan fingerprint density at radius 2 is 0.969 bits per heavy atom. The predicted molar refractivity (Wildman–Crippen MR) is 122 cm³/mol. The molecule has 0 radical (unpaired) electrons. The first-order valence-electron chi connectivity index (χ1n) is 10.3. The van der Waals surface area contributed by atoms with Gasteiger partial charge in [-0.15, -0.1) is 0 Å². The molecular formula is C26H26O6. The van der Waals surface area contributed by atoms with Gasteiger partial charge in [-0.05, 0) is 72.5 Å². The highest BCUT2D eigenvalue weighted by Crippen LogP contribution is 2.36. The molecule has 6 nitrogen and oxygen atoms in total. The summed E-state index contributed by atoms with van der Waals surface area (Å²) in [7, 11) is 3.20. The Balaban J connectivity index is 2.27. The Labute approximate surface area is 187 Å². The van der Waals surface area contributed by atoms with Gasteiger partial charge in [-0.25, -0.2) is 9.59 Å². The van der Waals surface area contributed by atoms with Crippen LogP contribution < -0.4 is 9.47 Å². The predicted octanol–water partition coefficient (Wildman–Crippen LogP) is 5.39. The van der Waals surface area contributed by atoms with Crippen LogP contribution in [0, 0.1) is 0 Å². The van der Waals surface area contributed by atoms with Crippen LogP contribution in [0.3, 0.4) is 0 Å². The number of carbonyl (C=O) groups excluding carboxylic acids is 2. The number of methoxy groups -OCH3 is 2. The van der Waals surface area contributed by atoms with Crippen molar-refractivity contribution < 1.29 is 28.5 Å². The summed E-state index contributed by atoms with van der Waals surface area (Å²) in [4.78, 5) is 25.4. The maximum atomic E-state index is 12.7. The number of hydrogen-bond donors (Lipinski definition) is 0. The Bertz CT molecular complexity index is 996. The Kier molecular flexibility index (Phi) is 7.49. The van der Waals surface area contributed by atoms with E-state index in [9.17, 15) is 9.59 Å². The lowest BCUT2D eigenvalue weighted by molar-refractivity contribution is 0.0479. The first-order valence-corrected chi connectivity index (χ1v) is 10.3. The van der Waals surface area contributed by atoms with Crippen molar-refractivity contribution >= 4 is 11.9 Å². The Morgan fingerprint density at radius 3 is 1.25 bits per heavy atom. The van der Waals surface area contributed by atoms with Crippen molar-refractivity contribution in [2.45, 2.75) is 13.8 Å². The number of ether oxygens (including phenoxy) is 4. The van der Waals surface area contributed by atoms with Gasteiger partial charge in [-0.3, -0.25) is 0 Å². The molecule has 0 N–H and O–H groups in total. The zero-order chi connectivity index (χ0) is 23.1. The van der Waals surface area contributed by atoms with E-state index in [1.54, 1.807) is 40.2 Å². The summed E-state index contributed by atoms with van der Waals surface area (Å²) in [5.74, 6) is 0.278. The lowest BCUT2D eigenvalue weighted by Crippen LogP contribution is -2.15. The molecule has 0 aromatic heterocycles. The maximum absolute atomic E-state index is 12.7. The van der Waals surface area contributed by atoms with Crippen molar-refractivity contribution in [3.8, 4) is 33.8 Å². The van der Waals surface area contributed by atoms with Crippen molar-refractivity contribution in [2.75, 3.05) is 27.4 Å². The van der Waals surface area contributed by atoms with Crippen LogP contribution in [0.2, 0.25) is 0 Å². The molecule has 0 amide bonds. The fourth-order valence-electron chi connectivity index (χ4n) is 3.37. The topological polar surface area (TPSA) is 71.1 Å². The zero-order valence-electron chi connectivity index (χ0n) is 18.6. The summed E-state index contributed by atoms with van der Waals surface area (Å²) in [6.45, 7) is 3.83. The molecule has 0 aliphatic carbocycles. The average Bonchev–Trinajstić information content (AvgIpc) is 2.83. The zero-order valence-corrected chi connectivity index (χ0v) is 18.6. The summed E-state index contributed by atoms with van der Waals surface area (Å²) in [6.07, 6.45) is 0. The van der Waals surface area contributed by atoms with Crippen LogP contribution in [0.4, 0.5) is 0 Å². The lowest BCUT2D eigenvalue weighted by Gasteiger charge is -2.16. The summed E-state index contributed by atoms with van der Waals surface area (Å²) >= 11 is 0. The number of esters is 2. The molecule has 3 aromatic carbocycles. The van der Waals surface area contributed by atoms with Gasteiger partial charge in [0.05, 0.1) is 38.6 Å². The van der Waals surface area contributed by atoms with Gasteiger partial charge in [-0.2, -0.15) is 0 Å². The average molecular weight is 434 g/mol. The van der Waals surface area contributed by atoms with Crippen LogP contribution in [-0.2, 0) is 9.47 Å². The van der Waals surface area contributed by atoms with Crippen molar-refractivity contribution in [3.05, 3.63) is 71.8 Å². The second-order valence-corrected chi connectivity index (χ2v) is 6.84. The molecule has 166 valence electrons. The highest BCUT2D eigenvalue weighted by molar-refractivity contribution is 6.06. The third-order valence-corrected chi connectivity index (χ3v) is 4.95. The second kappa shape index (κ2) is 10.5. The summed E-state index contributed by atoms with van der Waals surface area (Å²) in [6, 6.07) is 18.4. The molecule has 0 unspecified atom stereocenters. The van der Waals surface area contributed by atoms with Crippen molar-refractivity contribution in [2.24, 2.45) is 0 Å². The van der Waals surface area contributed by atoms with Gasteiger partial charge in [0.2, 0.25) is 0 Å².